The highest BCUT2D eigenvalue weighted by Crippen LogP contribution is 2.33. The molecule has 0 fully saturated rings. The molecular weight excluding hydrogens is 242 g/mol. The third-order valence-corrected chi connectivity index (χ3v) is 3.21. The smallest absolute Gasteiger partial charge is 0.191 e. The third kappa shape index (κ3) is 2.75. The molecule has 0 aromatic heterocycles. The van der Waals surface area contributed by atoms with Crippen LogP contribution in [-0.4, -0.2) is 31.8 Å². The van der Waals surface area contributed by atoms with E-state index in [2.05, 4.69) is 28.6 Å². The summed E-state index contributed by atoms with van der Waals surface area (Å²) >= 11 is 0. The number of nitrogens with one attached hydrogen (secondary N) is 2. The molecule has 0 saturated carbocycles. The molecular formula is C14H19N3O2. The molecule has 0 bridgehead atoms. The van der Waals surface area contributed by atoms with Crippen LogP contribution in [0.3, 0.4) is 0 Å². The maximum atomic E-state index is 5.79. The van der Waals surface area contributed by atoms with Gasteiger partial charge in [-0.2, -0.15) is 0 Å². The van der Waals surface area contributed by atoms with E-state index in [9.17, 15) is 0 Å². The van der Waals surface area contributed by atoms with Crippen LogP contribution in [0.2, 0.25) is 0 Å². The summed E-state index contributed by atoms with van der Waals surface area (Å²) in [5.41, 5.74) is 1.10. The molecule has 102 valence electrons. The Morgan fingerprint density at radius 2 is 2.26 bits per heavy atom. The van der Waals surface area contributed by atoms with Gasteiger partial charge in [-0.3, -0.25) is 4.99 Å². The lowest BCUT2D eigenvalue weighted by atomic mass is 10.2. The highest BCUT2D eigenvalue weighted by atomic mass is 16.5. The van der Waals surface area contributed by atoms with Crippen LogP contribution >= 0.6 is 0 Å². The summed E-state index contributed by atoms with van der Waals surface area (Å²) < 4.78 is 11.5. The zero-order valence-corrected chi connectivity index (χ0v) is 11.1. The second-order valence-electron chi connectivity index (χ2n) is 4.88. The lowest BCUT2D eigenvalue weighted by Crippen LogP contribution is -2.37. The van der Waals surface area contributed by atoms with E-state index in [0.29, 0.717) is 19.2 Å². The van der Waals surface area contributed by atoms with Crippen LogP contribution in [-0.2, 0) is 6.54 Å². The number of ether oxygens (including phenoxy) is 2. The lowest BCUT2D eigenvalue weighted by Gasteiger charge is -2.14. The third-order valence-electron chi connectivity index (χ3n) is 3.21. The first-order valence-corrected chi connectivity index (χ1v) is 6.75. The molecule has 0 saturated heterocycles. The number of benzene rings is 1. The van der Waals surface area contributed by atoms with Crippen LogP contribution in [0.15, 0.2) is 23.2 Å². The second-order valence-corrected chi connectivity index (χ2v) is 4.88. The van der Waals surface area contributed by atoms with E-state index in [4.69, 9.17) is 9.47 Å². The summed E-state index contributed by atoms with van der Waals surface area (Å²) in [4.78, 5) is 4.38. The van der Waals surface area contributed by atoms with Crippen molar-refractivity contribution in [3.05, 3.63) is 23.8 Å². The van der Waals surface area contributed by atoms with E-state index >= 15 is 0 Å². The Kier molecular flexibility index (Phi) is 3.44. The van der Waals surface area contributed by atoms with Crippen molar-refractivity contribution in [1.82, 2.24) is 10.6 Å². The summed E-state index contributed by atoms with van der Waals surface area (Å²) in [6.45, 7) is 5.06. The quantitative estimate of drug-likeness (QED) is 0.842. The van der Waals surface area contributed by atoms with Gasteiger partial charge in [-0.1, -0.05) is 12.1 Å². The van der Waals surface area contributed by atoms with Crippen molar-refractivity contribution in [3.8, 4) is 11.5 Å². The van der Waals surface area contributed by atoms with Gasteiger partial charge >= 0.3 is 0 Å². The van der Waals surface area contributed by atoms with Gasteiger partial charge in [0.15, 0.2) is 17.5 Å². The van der Waals surface area contributed by atoms with E-state index in [1.807, 2.05) is 12.1 Å². The molecule has 2 heterocycles. The number of nitrogens with zero attached hydrogens (tertiary/aromatic N) is 1. The largest absolute Gasteiger partial charge is 0.490 e. The summed E-state index contributed by atoms with van der Waals surface area (Å²) in [5, 5.41) is 6.59. The Morgan fingerprint density at radius 3 is 3.11 bits per heavy atom. The molecule has 2 N–H and O–H groups in total. The fraction of sp³-hybridized carbons (Fsp3) is 0.500. The van der Waals surface area contributed by atoms with Gasteiger partial charge in [0.1, 0.15) is 0 Å². The predicted octanol–water partition coefficient (Wildman–Crippen LogP) is 1.29. The summed E-state index contributed by atoms with van der Waals surface area (Å²) in [5.74, 6) is 2.56. The minimum atomic E-state index is 0.412. The van der Waals surface area contributed by atoms with E-state index < -0.39 is 0 Å². The van der Waals surface area contributed by atoms with Crippen molar-refractivity contribution < 1.29 is 9.47 Å². The number of para-hydroxylation sites is 1. The van der Waals surface area contributed by atoms with Crippen LogP contribution in [0.4, 0.5) is 0 Å². The molecule has 3 rings (SSSR count). The number of rotatable bonds is 2. The highest BCUT2D eigenvalue weighted by Gasteiger charge is 2.16. The first-order chi connectivity index (χ1) is 9.33. The summed E-state index contributed by atoms with van der Waals surface area (Å²) in [6.07, 6.45) is 0.924. The maximum Gasteiger partial charge on any atom is 0.191 e. The first kappa shape index (κ1) is 12.1. The van der Waals surface area contributed by atoms with E-state index in [0.717, 1.165) is 42.6 Å². The molecule has 0 amide bonds. The zero-order chi connectivity index (χ0) is 13.1. The predicted molar refractivity (Wildman–Crippen MR) is 73.8 cm³/mol. The number of aliphatic imine (C=N–C) groups is 1. The van der Waals surface area contributed by atoms with Crippen LogP contribution < -0.4 is 20.1 Å². The number of guanidine groups is 1. The molecule has 19 heavy (non-hydrogen) atoms. The van der Waals surface area contributed by atoms with Gasteiger partial charge in [0.2, 0.25) is 0 Å². The molecule has 0 radical (unpaired) electrons. The number of fused-ring (bicyclic) bond motifs is 1. The van der Waals surface area contributed by atoms with Crippen molar-refractivity contribution in [3.63, 3.8) is 0 Å². The molecule has 1 atom stereocenters. The van der Waals surface area contributed by atoms with Gasteiger partial charge in [-0.05, 0) is 13.0 Å². The Labute approximate surface area is 113 Å². The van der Waals surface area contributed by atoms with Crippen molar-refractivity contribution in [1.29, 1.82) is 0 Å². The Hall–Kier alpha value is -1.91. The molecule has 2 aliphatic heterocycles. The number of hydrogen-bond donors (Lipinski definition) is 2. The van der Waals surface area contributed by atoms with Gasteiger partial charge in [-0.15, -0.1) is 0 Å². The minimum absolute atomic E-state index is 0.412. The van der Waals surface area contributed by atoms with Gasteiger partial charge < -0.3 is 20.1 Å². The topological polar surface area (TPSA) is 54.9 Å². The fourth-order valence-corrected chi connectivity index (χ4v) is 2.23. The minimum Gasteiger partial charge on any atom is -0.490 e. The highest BCUT2D eigenvalue weighted by molar-refractivity contribution is 5.81. The Morgan fingerprint density at radius 1 is 1.37 bits per heavy atom. The molecule has 0 aliphatic carbocycles. The molecule has 1 aromatic carbocycles. The van der Waals surface area contributed by atoms with E-state index in [-0.39, 0.29) is 0 Å². The standard InChI is InChI=1S/C14H19N3O2/c1-10-8-15-14(17-10)16-9-11-4-2-5-12-13(11)19-7-3-6-18-12/h2,4-5,10H,3,6-9H2,1H3,(H2,15,16,17). The van der Waals surface area contributed by atoms with Crippen molar-refractivity contribution >= 4 is 5.96 Å². The SMILES string of the molecule is CC1CN=C(NCc2cccc3c2OCCCO3)N1. The maximum absolute atomic E-state index is 5.79. The Bertz CT molecular complexity index is 488. The van der Waals surface area contributed by atoms with Gasteiger partial charge in [-0.25, -0.2) is 0 Å². The molecule has 5 heteroatoms. The van der Waals surface area contributed by atoms with E-state index in [1.165, 1.54) is 0 Å². The summed E-state index contributed by atoms with van der Waals surface area (Å²) in [7, 11) is 0. The monoisotopic (exact) mass is 261 g/mol. The van der Waals surface area contributed by atoms with E-state index in [1.54, 1.807) is 0 Å². The van der Waals surface area contributed by atoms with Crippen LogP contribution in [0.5, 0.6) is 11.5 Å². The second kappa shape index (κ2) is 5.38. The average molecular weight is 261 g/mol. The first-order valence-electron chi connectivity index (χ1n) is 6.75. The van der Waals surface area contributed by atoms with Gasteiger partial charge in [0.05, 0.1) is 19.8 Å². The zero-order valence-electron chi connectivity index (χ0n) is 11.1. The van der Waals surface area contributed by atoms with Gasteiger partial charge in [0, 0.05) is 24.6 Å². The number of hydrogen-bond acceptors (Lipinski definition) is 5. The average Bonchev–Trinajstić information content (AvgIpc) is 2.69. The fourth-order valence-electron chi connectivity index (χ4n) is 2.23. The Balaban J connectivity index is 1.71. The summed E-state index contributed by atoms with van der Waals surface area (Å²) in [6, 6.07) is 6.42. The van der Waals surface area contributed by atoms with Crippen LogP contribution in [0, 0.1) is 0 Å². The van der Waals surface area contributed by atoms with Crippen LogP contribution in [0.1, 0.15) is 18.9 Å². The lowest BCUT2D eigenvalue weighted by molar-refractivity contribution is 0.296. The molecule has 5 nitrogen and oxygen atoms in total. The van der Waals surface area contributed by atoms with Crippen molar-refractivity contribution in [2.45, 2.75) is 25.9 Å². The molecule has 1 unspecified atom stereocenters. The molecule has 1 aromatic rings. The van der Waals surface area contributed by atoms with Crippen molar-refractivity contribution in [2.75, 3.05) is 19.8 Å². The normalized spacial score (nSPS) is 21.3. The van der Waals surface area contributed by atoms with Crippen LogP contribution in [0.25, 0.3) is 0 Å². The van der Waals surface area contributed by atoms with Gasteiger partial charge in [0.25, 0.3) is 0 Å². The molecule has 2 aliphatic rings. The van der Waals surface area contributed by atoms with Crippen molar-refractivity contribution in [2.24, 2.45) is 4.99 Å². The molecule has 0 spiro atoms.